The van der Waals surface area contributed by atoms with Crippen molar-refractivity contribution in [1.82, 2.24) is 20.2 Å². The summed E-state index contributed by atoms with van der Waals surface area (Å²) in [5, 5.41) is 11.7. The van der Waals surface area contributed by atoms with Gasteiger partial charge in [0.05, 0.1) is 19.3 Å². The summed E-state index contributed by atoms with van der Waals surface area (Å²) < 4.78 is 12.7. The van der Waals surface area contributed by atoms with Gasteiger partial charge in [0.1, 0.15) is 16.8 Å². The summed E-state index contributed by atoms with van der Waals surface area (Å²) in [5.74, 6) is 1.51. The van der Waals surface area contributed by atoms with E-state index in [1.807, 2.05) is 35.9 Å². The molecule has 0 bridgehead atoms. The van der Waals surface area contributed by atoms with Crippen LogP contribution in [0, 0.1) is 6.92 Å². The monoisotopic (exact) mass is 389 g/mol. The number of amides is 1. The number of carbonyl (C=O) groups excluding carboxylic acids is 1. The minimum Gasteiger partial charge on any atom is -0.497 e. The molecule has 144 valence electrons. The van der Waals surface area contributed by atoms with Gasteiger partial charge in [-0.15, -0.1) is 10.2 Å². The maximum absolute atomic E-state index is 13.0. The zero-order valence-electron chi connectivity index (χ0n) is 15.3. The molecule has 2 N–H and O–H groups in total. The fraction of sp³-hybridized carbons (Fsp3) is 0.500. The number of fused-ring (bicyclic) bond motifs is 1. The third kappa shape index (κ3) is 3.74. The number of hydrogen-bond donors (Lipinski definition) is 2. The van der Waals surface area contributed by atoms with E-state index in [-0.39, 0.29) is 23.3 Å². The van der Waals surface area contributed by atoms with E-state index in [1.54, 1.807) is 7.11 Å². The first kappa shape index (κ1) is 18.1. The smallest absolute Gasteiger partial charge is 0.236 e. The number of hydrogen-bond acceptors (Lipinski definition) is 7. The normalized spacial score (nSPS) is 24.1. The van der Waals surface area contributed by atoms with E-state index < -0.39 is 0 Å². The molecule has 3 heterocycles. The van der Waals surface area contributed by atoms with E-state index in [0.29, 0.717) is 11.7 Å². The Hall–Kier alpha value is -2.26. The summed E-state index contributed by atoms with van der Waals surface area (Å²) >= 11 is 1.42. The van der Waals surface area contributed by atoms with Gasteiger partial charge in [-0.3, -0.25) is 4.79 Å². The van der Waals surface area contributed by atoms with Crippen LogP contribution in [0.2, 0.25) is 0 Å². The number of nitrogens with one attached hydrogen (secondary N) is 2. The molecule has 0 saturated carbocycles. The Kier molecular flexibility index (Phi) is 5.22. The lowest BCUT2D eigenvalue weighted by molar-refractivity contribution is -0.121. The average Bonchev–Trinajstić information content (AvgIpc) is 3.35. The molecular formula is C18H23N5O3S. The Morgan fingerprint density at radius 1 is 1.41 bits per heavy atom. The van der Waals surface area contributed by atoms with Crippen LogP contribution >= 0.6 is 11.8 Å². The van der Waals surface area contributed by atoms with Gasteiger partial charge in [0.15, 0.2) is 0 Å². The van der Waals surface area contributed by atoms with Crippen LogP contribution in [0.15, 0.2) is 29.4 Å². The van der Waals surface area contributed by atoms with Gasteiger partial charge in [-0.1, -0.05) is 23.9 Å². The van der Waals surface area contributed by atoms with Crippen LogP contribution in [0.25, 0.3) is 0 Å². The summed E-state index contributed by atoms with van der Waals surface area (Å²) in [4.78, 5) is 13.0. The lowest BCUT2D eigenvalue weighted by Gasteiger charge is -2.33. The highest BCUT2D eigenvalue weighted by Crippen LogP contribution is 2.37. The van der Waals surface area contributed by atoms with Crippen LogP contribution < -0.4 is 15.5 Å². The minimum absolute atomic E-state index is 0.0317. The van der Waals surface area contributed by atoms with Gasteiger partial charge in [0.25, 0.3) is 0 Å². The Morgan fingerprint density at radius 3 is 2.93 bits per heavy atom. The molecule has 1 fully saturated rings. The standard InChI is InChI=1S/C18H23N5O3S/c1-11-20-21-18-23(11)22-15(12-5-7-13(25-2)8-6-12)16(27-18)17(24)19-10-14-4-3-9-26-14/h5-8,14-16,22H,3-4,9-10H2,1-2H3,(H,19,24)/t14-,15+,16-/m0/s1. The van der Waals surface area contributed by atoms with Crippen molar-refractivity contribution in [2.45, 2.75) is 42.3 Å². The summed E-state index contributed by atoms with van der Waals surface area (Å²) in [5.41, 5.74) is 4.40. The molecule has 1 aromatic heterocycles. The van der Waals surface area contributed by atoms with Crippen molar-refractivity contribution >= 4 is 17.7 Å². The first-order valence-corrected chi connectivity index (χ1v) is 9.92. The van der Waals surface area contributed by atoms with Gasteiger partial charge in [-0.2, -0.15) is 0 Å². The first-order chi connectivity index (χ1) is 13.2. The van der Waals surface area contributed by atoms with Crippen LogP contribution in [0.1, 0.15) is 30.3 Å². The molecule has 3 atom stereocenters. The molecule has 1 amide bonds. The topological polar surface area (TPSA) is 90.3 Å². The average molecular weight is 389 g/mol. The summed E-state index contributed by atoms with van der Waals surface area (Å²) in [7, 11) is 1.64. The number of methoxy groups -OCH3 is 1. The first-order valence-electron chi connectivity index (χ1n) is 9.04. The molecule has 8 nitrogen and oxygen atoms in total. The lowest BCUT2D eigenvalue weighted by atomic mass is 10.0. The largest absolute Gasteiger partial charge is 0.497 e. The molecule has 0 aliphatic carbocycles. The van der Waals surface area contributed by atoms with Gasteiger partial charge < -0.3 is 20.2 Å². The van der Waals surface area contributed by atoms with Crippen molar-refractivity contribution in [3.8, 4) is 5.75 Å². The lowest BCUT2D eigenvalue weighted by Crippen LogP contribution is -2.45. The molecule has 0 radical (unpaired) electrons. The molecule has 2 aliphatic heterocycles. The molecule has 2 aromatic rings. The van der Waals surface area contributed by atoms with E-state index in [1.165, 1.54) is 11.8 Å². The SMILES string of the molecule is COc1ccc([C@H]2Nn3c(C)nnc3S[C@@H]2C(=O)NC[C@@H]2CCCO2)cc1. The Morgan fingerprint density at radius 2 is 2.22 bits per heavy atom. The molecule has 4 rings (SSSR count). The maximum atomic E-state index is 13.0. The van der Waals surface area contributed by atoms with E-state index in [2.05, 4.69) is 20.9 Å². The molecular weight excluding hydrogens is 366 g/mol. The number of carbonyl (C=O) groups is 1. The number of rotatable bonds is 5. The minimum atomic E-state index is -0.365. The predicted molar refractivity (Wildman–Crippen MR) is 101 cm³/mol. The number of aromatic nitrogens is 3. The number of aryl methyl sites for hydroxylation is 1. The van der Waals surface area contributed by atoms with Crippen molar-refractivity contribution in [3.63, 3.8) is 0 Å². The third-order valence-electron chi connectivity index (χ3n) is 4.86. The van der Waals surface area contributed by atoms with Gasteiger partial charge in [-0.05, 0) is 37.5 Å². The summed E-state index contributed by atoms with van der Waals surface area (Å²) in [6.45, 7) is 3.20. The molecule has 9 heteroatoms. The number of thioether (sulfide) groups is 1. The maximum Gasteiger partial charge on any atom is 0.236 e. The fourth-order valence-corrected chi connectivity index (χ4v) is 4.49. The van der Waals surface area contributed by atoms with Crippen LogP contribution in [-0.4, -0.2) is 52.4 Å². The molecule has 2 aliphatic rings. The number of ether oxygens (including phenoxy) is 2. The highest BCUT2D eigenvalue weighted by atomic mass is 32.2. The van der Waals surface area contributed by atoms with Gasteiger partial charge in [-0.25, -0.2) is 4.68 Å². The molecule has 0 spiro atoms. The van der Waals surface area contributed by atoms with E-state index in [0.717, 1.165) is 36.6 Å². The quantitative estimate of drug-likeness (QED) is 0.803. The highest BCUT2D eigenvalue weighted by Gasteiger charge is 2.37. The van der Waals surface area contributed by atoms with E-state index in [9.17, 15) is 4.79 Å². The van der Waals surface area contributed by atoms with Crippen molar-refractivity contribution in [2.75, 3.05) is 25.7 Å². The number of nitrogens with zero attached hydrogens (tertiary/aromatic N) is 3. The second kappa shape index (κ2) is 7.77. The Labute approximate surface area is 162 Å². The van der Waals surface area contributed by atoms with Crippen molar-refractivity contribution in [1.29, 1.82) is 0 Å². The zero-order valence-corrected chi connectivity index (χ0v) is 16.2. The van der Waals surface area contributed by atoms with Crippen molar-refractivity contribution < 1.29 is 14.3 Å². The summed E-state index contributed by atoms with van der Waals surface area (Å²) in [6, 6.07) is 7.53. The molecule has 0 unspecified atom stereocenters. The molecule has 1 aromatic carbocycles. The van der Waals surface area contributed by atoms with Crippen LogP contribution in [0.3, 0.4) is 0 Å². The highest BCUT2D eigenvalue weighted by molar-refractivity contribution is 8.00. The van der Waals surface area contributed by atoms with Gasteiger partial charge in [0.2, 0.25) is 11.1 Å². The second-order valence-electron chi connectivity index (χ2n) is 6.66. The van der Waals surface area contributed by atoms with Crippen LogP contribution in [0.4, 0.5) is 0 Å². The number of benzene rings is 1. The van der Waals surface area contributed by atoms with Gasteiger partial charge >= 0.3 is 0 Å². The molecule has 27 heavy (non-hydrogen) atoms. The zero-order chi connectivity index (χ0) is 18.8. The molecule has 1 saturated heterocycles. The van der Waals surface area contributed by atoms with Crippen LogP contribution in [-0.2, 0) is 9.53 Å². The Bertz CT molecular complexity index is 804. The van der Waals surface area contributed by atoms with Gasteiger partial charge in [0, 0.05) is 13.2 Å². The second-order valence-corrected chi connectivity index (χ2v) is 7.77. The van der Waals surface area contributed by atoms with Crippen LogP contribution in [0.5, 0.6) is 5.75 Å². The Balaban J connectivity index is 1.56. The fourth-order valence-electron chi connectivity index (χ4n) is 3.34. The van der Waals surface area contributed by atoms with Crippen molar-refractivity contribution in [2.24, 2.45) is 0 Å². The third-order valence-corrected chi connectivity index (χ3v) is 6.07. The predicted octanol–water partition coefficient (Wildman–Crippen LogP) is 1.65. The van der Waals surface area contributed by atoms with Crippen molar-refractivity contribution in [3.05, 3.63) is 35.7 Å². The van der Waals surface area contributed by atoms with E-state index >= 15 is 0 Å². The van der Waals surface area contributed by atoms with E-state index in [4.69, 9.17) is 9.47 Å². The summed E-state index contributed by atoms with van der Waals surface area (Å²) in [6.07, 6.45) is 2.16.